The highest BCUT2D eigenvalue weighted by atomic mass is 16.5. The van der Waals surface area contributed by atoms with Gasteiger partial charge in [-0.3, -0.25) is 0 Å². The molecule has 0 amide bonds. The molecule has 0 saturated heterocycles. The van der Waals surface area contributed by atoms with Crippen LogP contribution in [0.25, 0.3) is 0 Å². The van der Waals surface area contributed by atoms with Gasteiger partial charge in [0.15, 0.2) is 0 Å². The number of hydrogen-bond donors (Lipinski definition) is 2. The topological polar surface area (TPSA) is 41.5 Å². The zero-order valence-corrected chi connectivity index (χ0v) is 12.0. The van der Waals surface area contributed by atoms with Crippen LogP contribution < -0.4 is 10.1 Å². The molecule has 1 aromatic carbocycles. The third-order valence-corrected chi connectivity index (χ3v) is 3.20. The molecule has 0 saturated carbocycles. The van der Waals surface area contributed by atoms with Gasteiger partial charge in [-0.15, -0.1) is 0 Å². The van der Waals surface area contributed by atoms with Crippen molar-refractivity contribution >= 4 is 0 Å². The Balaban J connectivity index is 2.79. The monoisotopic (exact) mass is 251 g/mol. The van der Waals surface area contributed by atoms with E-state index in [2.05, 4.69) is 31.3 Å². The summed E-state index contributed by atoms with van der Waals surface area (Å²) < 4.78 is 5.73. The number of rotatable bonds is 6. The van der Waals surface area contributed by atoms with Crippen molar-refractivity contribution in [3.63, 3.8) is 0 Å². The fourth-order valence-corrected chi connectivity index (χ4v) is 1.80. The minimum atomic E-state index is -0.468. The van der Waals surface area contributed by atoms with Crippen molar-refractivity contribution in [2.45, 2.75) is 52.9 Å². The molecular formula is C15H25NO2. The normalized spacial score (nSPS) is 16.1. The average Bonchev–Trinajstić information content (AvgIpc) is 2.31. The van der Waals surface area contributed by atoms with Gasteiger partial charge in [-0.05, 0) is 51.4 Å². The molecule has 0 aliphatic rings. The van der Waals surface area contributed by atoms with Crippen LogP contribution in [0.15, 0.2) is 18.2 Å². The van der Waals surface area contributed by atoms with Gasteiger partial charge in [0, 0.05) is 6.04 Å². The zero-order valence-electron chi connectivity index (χ0n) is 12.0. The van der Waals surface area contributed by atoms with Crippen molar-refractivity contribution in [1.82, 2.24) is 5.32 Å². The summed E-state index contributed by atoms with van der Waals surface area (Å²) in [5.41, 5.74) is 2.36. The number of ether oxygens (including phenoxy) is 1. The Morgan fingerprint density at radius 1 is 1.28 bits per heavy atom. The average molecular weight is 251 g/mol. The summed E-state index contributed by atoms with van der Waals surface area (Å²) in [7, 11) is 0. The van der Waals surface area contributed by atoms with Crippen molar-refractivity contribution in [3.8, 4) is 5.75 Å². The highest BCUT2D eigenvalue weighted by Crippen LogP contribution is 2.24. The first-order valence-corrected chi connectivity index (χ1v) is 6.64. The molecule has 18 heavy (non-hydrogen) atoms. The van der Waals surface area contributed by atoms with Crippen molar-refractivity contribution in [2.75, 3.05) is 6.54 Å². The van der Waals surface area contributed by atoms with Crippen LogP contribution >= 0.6 is 0 Å². The Hall–Kier alpha value is -1.06. The summed E-state index contributed by atoms with van der Waals surface area (Å²) in [6.45, 7) is 10.9. The van der Waals surface area contributed by atoms with E-state index in [1.807, 2.05) is 19.9 Å². The third-order valence-electron chi connectivity index (χ3n) is 3.20. The Morgan fingerprint density at radius 3 is 2.44 bits per heavy atom. The molecule has 3 atom stereocenters. The van der Waals surface area contributed by atoms with Crippen LogP contribution in [0.2, 0.25) is 0 Å². The van der Waals surface area contributed by atoms with Gasteiger partial charge in [0.25, 0.3) is 0 Å². The first-order valence-electron chi connectivity index (χ1n) is 6.64. The lowest BCUT2D eigenvalue weighted by Crippen LogP contribution is -2.26. The Kier molecular flexibility index (Phi) is 5.63. The Bertz CT molecular complexity index is 377. The van der Waals surface area contributed by atoms with E-state index in [9.17, 15) is 5.11 Å². The van der Waals surface area contributed by atoms with Crippen molar-refractivity contribution in [3.05, 3.63) is 29.3 Å². The molecule has 1 rings (SSSR count). The second-order valence-corrected chi connectivity index (χ2v) is 4.87. The smallest absolute Gasteiger partial charge is 0.122 e. The molecule has 3 nitrogen and oxygen atoms in total. The number of aliphatic hydroxyl groups is 1. The SMILES string of the molecule is CCNC(C)c1ccc(OC(C)C(C)O)c(C)c1. The number of hydrogen-bond acceptors (Lipinski definition) is 3. The van der Waals surface area contributed by atoms with E-state index >= 15 is 0 Å². The lowest BCUT2D eigenvalue weighted by atomic mass is 10.0. The number of benzene rings is 1. The molecule has 0 bridgehead atoms. The van der Waals surface area contributed by atoms with Gasteiger partial charge in [0.05, 0.1) is 6.10 Å². The molecule has 1 aromatic rings. The maximum absolute atomic E-state index is 9.45. The molecule has 102 valence electrons. The van der Waals surface area contributed by atoms with Gasteiger partial charge in [-0.1, -0.05) is 19.1 Å². The van der Waals surface area contributed by atoms with Crippen LogP contribution in [0.1, 0.15) is 44.9 Å². The summed E-state index contributed by atoms with van der Waals surface area (Å²) in [6, 6.07) is 6.54. The summed E-state index contributed by atoms with van der Waals surface area (Å²) in [5, 5.41) is 12.8. The van der Waals surface area contributed by atoms with Crippen LogP contribution in [-0.2, 0) is 0 Å². The zero-order chi connectivity index (χ0) is 13.7. The highest BCUT2D eigenvalue weighted by Gasteiger charge is 2.13. The van der Waals surface area contributed by atoms with Gasteiger partial charge in [-0.25, -0.2) is 0 Å². The van der Waals surface area contributed by atoms with E-state index in [4.69, 9.17) is 4.74 Å². The molecule has 0 aromatic heterocycles. The predicted molar refractivity (Wildman–Crippen MR) is 75.0 cm³/mol. The predicted octanol–water partition coefficient (Wildman–Crippen LogP) is 2.81. The Morgan fingerprint density at radius 2 is 1.94 bits per heavy atom. The summed E-state index contributed by atoms with van der Waals surface area (Å²) >= 11 is 0. The molecule has 2 N–H and O–H groups in total. The largest absolute Gasteiger partial charge is 0.488 e. The van der Waals surface area contributed by atoms with Crippen molar-refractivity contribution < 1.29 is 9.84 Å². The van der Waals surface area contributed by atoms with Crippen LogP contribution in [0, 0.1) is 6.92 Å². The van der Waals surface area contributed by atoms with E-state index < -0.39 is 6.10 Å². The maximum atomic E-state index is 9.45. The summed E-state index contributed by atoms with van der Waals surface area (Å²) in [6.07, 6.45) is -0.662. The standard InChI is InChI=1S/C15H25NO2/c1-6-16-11(3)14-7-8-15(10(2)9-14)18-13(5)12(4)17/h7-9,11-13,16-17H,6H2,1-5H3. The Labute approximate surface area is 110 Å². The molecular weight excluding hydrogens is 226 g/mol. The highest BCUT2D eigenvalue weighted by molar-refractivity contribution is 5.37. The van der Waals surface area contributed by atoms with E-state index in [-0.39, 0.29) is 6.10 Å². The third kappa shape index (κ3) is 4.00. The van der Waals surface area contributed by atoms with E-state index in [0.717, 1.165) is 17.9 Å². The van der Waals surface area contributed by atoms with Crippen LogP contribution in [0.3, 0.4) is 0 Å². The van der Waals surface area contributed by atoms with Crippen LogP contribution in [0.4, 0.5) is 0 Å². The second-order valence-electron chi connectivity index (χ2n) is 4.87. The number of nitrogens with one attached hydrogen (secondary N) is 1. The quantitative estimate of drug-likeness (QED) is 0.817. The fraction of sp³-hybridized carbons (Fsp3) is 0.600. The van der Waals surface area contributed by atoms with Crippen LogP contribution in [-0.4, -0.2) is 23.9 Å². The molecule has 0 fully saturated rings. The number of aliphatic hydroxyl groups excluding tert-OH is 1. The first-order chi connectivity index (χ1) is 8.45. The minimum absolute atomic E-state index is 0.194. The summed E-state index contributed by atoms with van der Waals surface area (Å²) in [5.74, 6) is 0.843. The van der Waals surface area contributed by atoms with Crippen molar-refractivity contribution in [1.29, 1.82) is 0 Å². The van der Waals surface area contributed by atoms with E-state index in [1.54, 1.807) is 6.92 Å². The van der Waals surface area contributed by atoms with Gasteiger partial charge in [-0.2, -0.15) is 0 Å². The van der Waals surface area contributed by atoms with Crippen molar-refractivity contribution in [2.24, 2.45) is 0 Å². The number of aryl methyl sites for hydroxylation is 1. The lowest BCUT2D eigenvalue weighted by Gasteiger charge is -2.20. The first kappa shape index (κ1) is 15.0. The fourth-order valence-electron chi connectivity index (χ4n) is 1.80. The molecule has 3 unspecified atom stereocenters. The lowest BCUT2D eigenvalue weighted by molar-refractivity contribution is 0.0600. The maximum Gasteiger partial charge on any atom is 0.122 e. The molecule has 0 aliphatic carbocycles. The van der Waals surface area contributed by atoms with E-state index in [0.29, 0.717) is 6.04 Å². The van der Waals surface area contributed by atoms with Crippen LogP contribution in [0.5, 0.6) is 5.75 Å². The van der Waals surface area contributed by atoms with E-state index in [1.165, 1.54) is 5.56 Å². The molecule has 0 heterocycles. The molecule has 0 spiro atoms. The minimum Gasteiger partial charge on any atom is -0.488 e. The van der Waals surface area contributed by atoms with Gasteiger partial charge in [0.2, 0.25) is 0 Å². The molecule has 0 aliphatic heterocycles. The molecule has 0 radical (unpaired) electrons. The summed E-state index contributed by atoms with van der Waals surface area (Å²) in [4.78, 5) is 0. The second kappa shape index (κ2) is 6.76. The molecule has 3 heteroatoms. The van der Waals surface area contributed by atoms with Gasteiger partial charge >= 0.3 is 0 Å². The van der Waals surface area contributed by atoms with Gasteiger partial charge in [0.1, 0.15) is 11.9 Å². The van der Waals surface area contributed by atoms with Gasteiger partial charge < -0.3 is 15.2 Å².